The summed E-state index contributed by atoms with van der Waals surface area (Å²) in [6.45, 7) is 12.2. The Morgan fingerprint density at radius 3 is 1.65 bits per heavy atom. The van der Waals surface area contributed by atoms with E-state index in [4.69, 9.17) is 23.7 Å². The van der Waals surface area contributed by atoms with Gasteiger partial charge in [0.25, 0.3) is 0 Å². The van der Waals surface area contributed by atoms with E-state index in [1.54, 1.807) is 41.5 Å². The molecule has 0 saturated heterocycles. The van der Waals surface area contributed by atoms with Crippen molar-refractivity contribution in [1.82, 2.24) is 21.3 Å². The molecule has 3 atom stereocenters. The fraction of sp³-hybridized carbons (Fsp3) is 0.825. The van der Waals surface area contributed by atoms with Crippen LogP contribution in [0.2, 0.25) is 0 Å². The van der Waals surface area contributed by atoms with Crippen molar-refractivity contribution in [2.75, 3.05) is 38.4 Å². The van der Waals surface area contributed by atoms with Gasteiger partial charge in [-0.15, -0.1) is 0 Å². The summed E-state index contributed by atoms with van der Waals surface area (Å²) in [4.78, 5) is 87.7. The van der Waals surface area contributed by atoms with Gasteiger partial charge in [-0.1, -0.05) is 84.0 Å². The Hall–Kier alpha value is -3.76. The number of thioether (sulfide) groups is 1. The zero-order chi connectivity index (χ0) is 43.3. The number of methoxy groups -OCH3 is 1. The summed E-state index contributed by atoms with van der Waals surface area (Å²) in [5.74, 6) is -3.15. The van der Waals surface area contributed by atoms with Gasteiger partial charge in [0.15, 0.2) is 6.04 Å². The predicted molar refractivity (Wildman–Crippen MR) is 219 cm³/mol. The minimum absolute atomic E-state index is 0.0771. The molecule has 57 heavy (non-hydrogen) atoms. The van der Waals surface area contributed by atoms with E-state index < -0.39 is 78.4 Å². The highest BCUT2D eigenvalue weighted by Gasteiger charge is 2.31. The third kappa shape index (κ3) is 31.0. The molecule has 0 bridgehead atoms. The average molecular weight is 833 g/mol. The van der Waals surface area contributed by atoms with E-state index in [1.807, 2.05) is 0 Å². The quantitative estimate of drug-likeness (QED) is 0.0395. The van der Waals surface area contributed by atoms with Crippen LogP contribution in [0.5, 0.6) is 0 Å². The van der Waals surface area contributed by atoms with Crippen molar-refractivity contribution in [3.8, 4) is 0 Å². The van der Waals surface area contributed by atoms with Crippen LogP contribution in [0.3, 0.4) is 0 Å². The molecule has 0 unspecified atom stereocenters. The lowest BCUT2D eigenvalue weighted by Gasteiger charge is -2.25. The standard InChI is InChI=1S/C40H72N4O12S/c1-10-11-12-13-14-15-16-17-18-19-20-21-22-23-33(46)53-24-25-57-28-32(42-29(2)45)34(47)43-31(35(48)52-9)27-54-36(49)30(44-38(51)56-40(6,7)8)26-41-37(50)55-39(3,4)5/h30-32H,10-28H2,1-9H3,(H,41,50)(H,42,45)(H,43,47)(H,44,51)/t30-,31-,32-/m0/s1. The van der Waals surface area contributed by atoms with E-state index >= 15 is 0 Å². The van der Waals surface area contributed by atoms with Crippen molar-refractivity contribution in [3.63, 3.8) is 0 Å². The number of hydrogen-bond donors (Lipinski definition) is 4. The van der Waals surface area contributed by atoms with Crippen molar-refractivity contribution >= 4 is 53.7 Å². The minimum Gasteiger partial charge on any atom is -0.467 e. The van der Waals surface area contributed by atoms with Gasteiger partial charge in [-0.25, -0.2) is 19.2 Å². The maximum Gasteiger partial charge on any atom is 0.408 e. The van der Waals surface area contributed by atoms with Gasteiger partial charge in [-0.05, 0) is 48.0 Å². The first-order chi connectivity index (χ1) is 26.8. The van der Waals surface area contributed by atoms with Gasteiger partial charge in [0, 0.05) is 24.9 Å². The molecule has 0 spiro atoms. The highest BCUT2D eigenvalue weighted by molar-refractivity contribution is 7.99. The first-order valence-electron chi connectivity index (χ1n) is 20.3. The Kier molecular flexibility index (Phi) is 28.3. The van der Waals surface area contributed by atoms with Crippen LogP contribution >= 0.6 is 11.8 Å². The summed E-state index contributed by atoms with van der Waals surface area (Å²) >= 11 is 1.25. The number of rotatable bonds is 29. The topological polar surface area (TPSA) is 214 Å². The van der Waals surface area contributed by atoms with Crippen molar-refractivity contribution in [2.45, 2.75) is 175 Å². The molecule has 0 aromatic rings. The third-order valence-corrected chi connectivity index (χ3v) is 9.00. The predicted octanol–water partition coefficient (Wildman–Crippen LogP) is 5.87. The Morgan fingerprint density at radius 2 is 1.14 bits per heavy atom. The normalized spacial score (nSPS) is 12.9. The fourth-order valence-electron chi connectivity index (χ4n) is 5.20. The van der Waals surface area contributed by atoms with Gasteiger partial charge in [-0.2, -0.15) is 11.8 Å². The molecule has 0 radical (unpaired) electrons. The maximum absolute atomic E-state index is 13.2. The van der Waals surface area contributed by atoms with E-state index in [-0.39, 0.29) is 18.3 Å². The number of carbonyl (C=O) groups excluding carboxylic acids is 7. The molecule has 16 nitrogen and oxygen atoms in total. The molecule has 0 fully saturated rings. The van der Waals surface area contributed by atoms with Crippen LogP contribution in [0.1, 0.15) is 145 Å². The zero-order valence-electron chi connectivity index (χ0n) is 36.0. The molecule has 0 aromatic heterocycles. The molecule has 4 amide bonds. The van der Waals surface area contributed by atoms with Gasteiger partial charge in [0.05, 0.1) is 13.7 Å². The fourth-order valence-corrected chi connectivity index (χ4v) is 6.03. The van der Waals surface area contributed by atoms with Gasteiger partial charge in [0.1, 0.15) is 36.5 Å². The molecular formula is C40H72N4O12S. The smallest absolute Gasteiger partial charge is 0.408 e. The van der Waals surface area contributed by atoms with Gasteiger partial charge >= 0.3 is 30.1 Å². The summed E-state index contributed by atoms with van der Waals surface area (Å²) in [5, 5.41) is 9.64. The molecule has 17 heteroatoms. The minimum atomic E-state index is -1.50. The molecule has 0 heterocycles. The highest BCUT2D eigenvalue weighted by atomic mass is 32.2. The van der Waals surface area contributed by atoms with Crippen LogP contribution in [0.15, 0.2) is 0 Å². The van der Waals surface area contributed by atoms with E-state index in [9.17, 15) is 33.6 Å². The van der Waals surface area contributed by atoms with E-state index in [1.165, 1.54) is 82.9 Å². The lowest BCUT2D eigenvalue weighted by atomic mass is 10.0. The largest absolute Gasteiger partial charge is 0.467 e. The highest BCUT2D eigenvalue weighted by Crippen LogP contribution is 2.14. The maximum atomic E-state index is 13.2. The number of carbonyl (C=O) groups is 7. The zero-order valence-corrected chi connectivity index (χ0v) is 36.8. The van der Waals surface area contributed by atoms with Crippen molar-refractivity contribution in [2.24, 2.45) is 0 Å². The van der Waals surface area contributed by atoms with Gasteiger partial charge < -0.3 is 45.0 Å². The molecule has 4 N–H and O–H groups in total. The second kappa shape index (κ2) is 30.3. The number of ether oxygens (including phenoxy) is 5. The number of hydrogen-bond acceptors (Lipinski definition) is 13. The molecule has 0 aromatic carbocycles. The number of alkyl carbamates (subject to hydrolysis) is 2. The number of esters is 3. The van der Waals surface area contributed by atoms with Crippen molar-refractivity contribution in [3.05, 3.63) is 0 Å². The number of amides is 4. The average Bonchev–Trinajstić information content (AvgIpc) is 3.10. The molecule has 0 aliphatic heterocycles. The van der Waals surface area contributed by atoms with Crippen LogP contribution in [0, 0.1) is 0 Å². The lowest BCUT2D eigenvalue weighted by molar-refractivity contribution is -0.153. The second-order valence-electron chi connectivity index (χ2n) is 15.8. The first-order valence-corrected chi connectivity index (χ1v) is 21.4. The molecular weight excluding hydrogens is 761 g/mol. The lowest BCUT2D eigenvalue weighted by Crippen LogP contribution is -2.55. The Balaban J connectivity index is 4.92. The molecule has 0 rings (SSSR count). The third-order valence-electron chi connectivity index (χ3n) is 7.97. The number of nitrogens with one attached hydrogen (secondary N) is 4. The second-order valence-corrected chi connectivity index (χ2v) is 17.0. The van der Waals surface area contributed by atoms with Crippen LogP contribution in [-0.4, -0.2) is 110 Å². The first kappa shape index (κ1) is 53.2. The molecule has 0 saturated carbocycles. The Labute approximate surface area is 344 Å². The Morgan fingerprint density at radius 1 is 0.614 bits per heavy atom. The van der Waals surface area contributed by atoms with E-state index in [0.29, 0.717) is 12.2 Å². The molecule has 0 aliphatic carbocycles. The van der Waals surface area contributed by atoms with Crippen LogP contribution < -0.4 is 21.3 Å². The number of unbranched alkanes of at least 4 members (excludes halogenated alkanes) is 12. The van der Waals surface area contributed by atoms with Crippen molar-refractivity contribution in [1.29, 1.82) is 0 Å². The van der Waals surface area contributed by atoms with E-state index in [2.05, 4.69) is 28.2 Å². The molecule has 0 aliphatic rings. The summed E-state index contributed by atoms with van der Waals surface area (Å²) in [6, 6.07) is -4.08. The van der Waals surface area contributed by atoms with Crippen LogP contribution in [0.25, 0.3) is 0 Å². The van der Waals surface area contributed by atoms with Crippen LogP contribution in [-0.2, 0) is 47.7 Å². The van der Waals surface area contributed by atoms with Gasteiger partial charge in [0.2, 0.25) is 11.8 Å². The summed E-state index contributed by atoms with van der Waals surface area (Å²) in [6.07, 6.45) is 14.3. The van der Waals surface area contributed by atoms with Crippen LogP contribution in [0.4, 0.5) is 9.59 Å². The monoisotopic (exact) mass is 832 g/mol. The summed E-state index contributed by atoms with van der Waals surface area (Å²) in [5.41, 5.74) is -1.74. The van der Waals surface area contributed by atoms with E-state index in [0.717, 1.165) is 26.4 Å². The SMILES string of the molecule is CCCCCCCCCCCCCCCC(=O)OCCSC[C@H](NC(C)=O)C(=O)N[C@@H](COC(=O)[C@H](CNC(=O)OC(C)(C)C)NC(=O)OC(C)(C)C)C(=O)OC. The molecule has 330 valence electrons. The summed E-state index contributed by atoms with van der Waals surface area (Å²) in [7, 11) is 1.07. The van der Waals surface area contributed by atoms with Gasteiger partial charge in [-0.3, -0.25) is 14.4 Å². The summed E-state index contributed by atoms with van der Waals surface area (Å²) < 4.78 is 25.8. The Bertz CT molecular complexity index is 1220. The van der Waals surface area contributed by atoms with Crippen molar-refractivity contribution < 1.29 is 57.2 Å².